The van der Waals surface area contributed by atoms with Gasteiger partial charge in [-0.1, -0.05) is 0 Å². The predicted molar refractivity (Wildman–Crippen MR) is 71.6 cm³/mol. The molecule has 0 fully saturated rings. The lowest BCUT2D eigenvalue weighted by Crippen LogP contribution is -2.18. The van der Waals surface area contributed by atoms with E-state index in [1.807, 2.05) is 19.2 Å². The van der Waals surface area contributed by atoms with E-state index in [1.54, 1.807) is 0 Å². The largest absolute Gasteiger partial charge is 0.330 e. The summed E-state index contributed by atoms with van der Waals surface area (Å²) in [6.07, 6.45) is 5.14. The smallest absolute Gasteiger partial charge is 0.103 e. The zero-order chi connectivity index (χ0) is 12.3. The highest BCUT2D eigenvalue weighted by Gasteiger charge is 1.92. The van der Waals surface area contributed by atoms with E-state index in [-0.39, 0.29) is 0 Å². The Balaban J connectivity index is 1.95. The maximum absolute atomic E-state index is 5.41. The maximum Gasteiger partial charge on any atom is 0.103 e. The van der Waals surface area contributed by atoms with Crippen molar-refractivity contribution < 1.29 is 0 Å². The first-order valence-corrected chi connectivity index (χ1v) is 6.25. The molecule has 0 aliphatic heterocycles. The molecule has 0 aliphatic rings. The highest BCUT2D eigenvalue weighted by atomic mass is 15.1. The number of nitrogens with two attached hydrogens (primary N) is 1. The zero-order valence-corrected chi connectivity index (χ0v) is 10.6. The molecule has 0 aliphatic carbocycles. The molecule has 0 unspecified atom stereocenters. The van der Waals surface area contributed by atoms with Crippen molar-refractivity contribution in [1.82, 2.24) is 15.5 Å². The first kappa shape index (κ1) is 13.9. The average molecular weight is 237 g/mol. The van der Waals surface area contributed by atoms with Crippen LogP contribution in [0.25, 0.3) is 0 Å². The number of hydrogen-bond acceptors (Lipinski definition) is 4. The molecule has 96 valence electrons. The summed E-state index contributed by atoms with van der Waals surface area (Å²) in [6, 6.07) is 1.98. The average Bonchev–Trinajstić information content (AvgIpc) is 2.73. The number of hydrogen-bond donors (Lipinski definition) is 3. The van der Waals surface area contributed by atoms with Gasteiger partial charge in [0.1, 0.15) is 5.69 Å². The summed E-state index contributed by atoms with van der Waals surface area (Å²) in [5, 5.41) is 10.3. The van der Waals surface area contributed by atoms with Gasteiger partial charge in [-0.05, 0) is 51.9 Å². The van der Waals surface area contributed by atoms with Gasteiger partial charge < -0.3 is 11.1 Å². The van der Waals surface area contributed by atoms with Crippen molar-refractivity contribution in [2.24, 2.45) is 10.7 Å². The molecule has 0 saturated heterocycles. The standard InChI is InChI=1S/C12H23N5/c1-11-9-12(17-16-11)10-15-8-4-7-14-6-3-2-5-13/h9-10,14H,2-8,13H2,1H3,(H,16,17). The predicted octanol–water partition coefficient (Wildman–Crippen LogP) is 0.856. The Kier molecular flexibility index (Phi) is 7.25. The van der Waals surface area contributed by atoms with Crippen LogP contribution >= 0.6 is 0 Å². The Morgan fingerprint density at radius 1 is 1.41 bits per heavy atom. The van der Waals surface area contributed by atoms with Gasteiger partial charge in [-0.15, -0.1) is 0 Å². The van der Waals surface area contributed by atoms with Gasteiger partial charge in [-0.25, -0.2) is 0 Å². The minimum Gasteiger partial charge on any atom is -0.330 e. The van der Waals surface area contributed by atoms with Crippen LogP contribution in [0.3, 0.4) is 0 Å². The molecule has 0 amide bonds. The van der Waals surface area contributed by atoms with Crippen LogP contribution in [-0.4, -0.2) is 42.6 Å². The molecule has 0 saturated carbocycles. The first-order chi connectivity index (χ1) is 8.33. The van der Waals surface area contributed by atoms with Gasteiger partial charge in [-0.3, -0.25) is 10.1 Å². The second-order valence-electron chi connectivity index (χ2n) is 4.11. The molecule has 1 rings (SSSR count). The number of nitrogens with one attached hydrogen (secondary N) is 2. The normalized spacial score (nSPS) is 11.4. The molecular weight excluding hydrogens is 214 g/mol. The van der Waals surface area contributed by atoms with Gasteiger partial charge in [-0.2, -0.15) is 5.10 Å². The van der Waals surface area contributed by atoms with Gasteiger partial charge >= 0.3 is 0 Å². The Hall–Kier alpha value is -1.20. The van der Waals surface area contributed by atoms with E-state index in [2.05, 4.69) is 20.5 Å². The summed E-state index contributed by atoms with van der Waals surface area (Å²) >= 11 is 0. The third kappa shape index (κ3) is 6.86. The van der Waals surface area contributed by atoms with Gasteiger partial charge in [0.25, 0.3) is 0 Å². The molecular formula is C12H23N5. The first-order valence-electron chi connectivity index (χ1n) is 6.25. The monoisotopic (exact) mass is 237 g/mol. The summed E-state index contributed by atoms with van der Waals surface area (Å²) in [6.45, 7) is 5.68. The lowest BCUT2D eigenvalue weighted by atomic mass is 10.3. The quantitative estimate of drug-likeness (QED) is 0.440. The summed E-state index contributed by atoms with van der Waals surface area (Å²) in [5.74, 6) is 0. The summed E-state index contributed by atoms with van der Waals surface area (Å²) in [5.41, 5.74) is 7.37. The van der Waals surface area contributed by atoms with Crippen LogP contribution in [0.2, 0.25) is 0 Å². The lowest BCUT2D eigenvalue weighted by Gasteiger charge is -2.01. The summed E-state index contributed by atoms with van der Waals surface area (Å²) < 4.78 is 0. The number of nitrogens with zero attached hydrogens (tertiary/aromatic N) is 2. The third-order valence-electron chi connectivity index (χ3n) is 2.40. The number of rotatable bonds is 9. The molecule has 0 atom stereocenters. The van der Waals surface area contributed by atoms with Gasteiger partial charge in [0.15, 0.2) is 0 Å². The molecule has 0 spiro atoms. The molecule has 17 heavy (non-hydrogen) atoms. The number of aromatic nitrogens is 2. The van der Waals surface area contributed by atoms with Crippen LogP contribution in [0.4, 0.5) is 0 Å². The molecule has 1 aromatic rings. The minimum atomic E-state index is 0.787. The SMILES string of the molecule is Cc1cc(C=NCCCNCCCCN)n[nH]1. The number of aryl methyl sites for hydroxylation is 1. The van der Waals surface area contributed by atoms with Crippen molar-refractivity contribution >= 4 is 6.21 Å². The van der Waals surface area contributed by atoms with Crippen LogP contribution < -0.4 is 11.1 Å². The highest BCUT2D eigenvalue weighted by molar-refractivity contribution is 5.76. The van der Waals surface area contributed by atoms with Crippen molar-refractivity contribution in [3.8, 4) is 0 Å². The van der Waals surface area contributed by atoms with E-state index in [1.165, 1.54) is 0 Å². The number of aromatic amines is 1. The van der Waals surface area contributed by atoms with Crippen molar-refractivity contribution in [1.29, 1.82) is 0 Å². The summed E-state index contributed by atoms with van der Waals surface area (Å²) in [4.78, 5) is 4.32. The summed E-state index contributed by atoms with van der Waals surface area (Å²) in [7, 11) is 0. The Labute approximate surface area is 103 Å². The maximum atomic E-state index is 5.41. The van der Waals surface area contributed by atoms with Crippen molar-refractivity contribution in [2.75, 3.05) is 26.2 Å². The van der Waals surface area contributed by atoms with Crippen molar-refractivity contribution in [3.05, 3.63) is 17.5 Å². The van der Waals surface area contributed by atoms with E-state index in [9.17, 15) is 0 Å². The van der Waals surface area contributed by atoms with Gasteiger partial charge in [0.2, 0.25) is 0 Å². The van der Waals surface area contributed by atoms with E-state index in [0.717, 1.165) is 56.8 Å². The van der Waals surface area contributed by atoms with Crippen LogP contribution in [0.5, 0.6) is 0 Å². The third-order valence-corrected chi connectivity index (χ3v) is 2.40. The topological polar surface area (TPSA) is 79.1 Å². The Bertz CT molecular complexity index is 318. The van der Waals surface area contributed by atoms with Crippen LogP contribution in [0.1, 0.15) is 30.7 Å². The van der Waals surface area contributed by atoms with E-state index >= 15 is 0 Å². The molecule has 5 nitrogen and oxygen atoms in total. The lowest BCUT2D eigenvalue weighted by molar-refractivity contribution is 0.611. The molecule has 0 radical (unpaired) electrons. The molecule has 1 aromatic heterocycles. The van der Waals surface area contributed by atoms with Crippen molar-refractivity contribution in [2.45, 2.75) is 26.2 Å². The van der Waals surface area contributed by atoms with Crippen LogP contribution in [-0.2, 0) is 0 Å². The minimum absolute atomic E-state index is 0.787. The van der Waals surface area contributed by atoms with E-state index in [0.29, 0.717) is 0 Å². The number of aliphatic imine (C=N–C) groups is 1. The van der Waals surface area contributed by atoms with E-state index < -0.39 is 0 Å². The second-order valence-corrected chi connectivity index (χ2v) is 4.11. The van der Waals surface area contributed by atoms with E-state index in [4.69, 9.17) is 5.73 Å². The molecule has 0 aromatic carbocycles. The fraction of sp³-hybridized carbons (Fsp3) is 0.667. The van der Waals surface area contributed by atoms with Crippen LogP contribution in [0, 0.1) is 6.92 Å². The van der Waals surface area contributed by atoms with Gasteiger partial charge in [0.05, 0.1) is 0 Å². The molecule has 5 heteroatoms. The zero-order valence-electron chi connectivity index (χ0n) is 10.6. The number of unbranched alkanes of at least 4 members (excludes halogenated alkanes) is 1. The fourth-order valence-corrected chi connectivity index (χ4v) is 1.48. The van der Waals surface area contributed by atoms with Crippen molar-refractivity contribution in [3.63, 3.8) is 0 Å². The Morgan fingerprint density at radius 3 is 2.94 bits per heavy atom. The fourth-order valence-electron chi connectivity index (χ4n) is 1.48. The highest BCUT2D eigenvalue weighted by Crippen LogP contribution is 1.93. The van der Waals surface area contributed by atoms with Crippen LogP contribution in [0.15, 0.2) is 11.1 Å². The second kappa shape index (κ2) is 8.90. The van der Waals surface area contributed by atoms with Gasteiger partial charge in [0, 0.05) is 18.5 Å². The molecule has 0 bridgehead atoms. The Morgan fingerprint density at radius 2 is 2.24 bits per heavy atom. The molecule has 1 heterocycles. The molecule has 4 N–H and O–H groups in total. The number of H-pyrrole nitrogens is 1.